The molecule has 2 unspecified atom stereocenters. The van der Waals surface area contributed by atoms with Crippen LogP contribution in [0, 0.1) is 5.82 Å². The number of halogens is 1. The summed E-state index contributed by atoms with van der Waals surface area (Å²) in [7, 11) is 0. The van der Waals surface area contributed by atoms with Crippen LogP contribution in [0.4, 0.5) is 4.39 Å². The zero-order valence-corrected chi connectivity index (χ0v) is 17.3. The number of hydrogen-bond acceptors (Lipinski definition) is 6. The van der Waals surface area contributed by atoms with E-state index in [4.69, 9.17) is 0 Å². The number of hydrogen-bond donors (Lipinski definition) is 3. The average molecular weight is 431 g/mol. The van der Waals surface area contributed by atoms with Gasteiger partial charge in [-0.15, -0.1) is 0 Å². The maximum atomic E-state index is 14.3. The van der Waals surface area contributed by atoms with Gasteiger partial charge in [-0.2, -0.15) is 10.2 Å². The normalized spacial score (nSPS) is 20.8. The molecule has 9 heteroatoms. The lowest BCUT2D eigenvalue weighted by molar-refractivity contribution is 0.172. The maximum absolute atomic E-state index is 14.3. The summed E-state index contributed by atoms with van der Waals surface area (Å²) in [6.45, 7) is 3.67. The molecule has 2 aliphatic rings. The molecule has 0 amide bonds. The highest BCUT2D eigenvalue weighted by atomic mass is 19.1. The highest BCUT2D eigenvalue weighted by molar-refractivity contribution is 5.88. The maximum Gasteiger partial charge on any atom is 0.272 e. The second kappa shape index (κ2) is 7.61. The summed E-state index contributed by atoms with van der Waals surface area (Å²) in [5, 5.41) is 18.5. The van der Waals surface area contributed by atoms with E-state index in [2.05, 4.69) is 59.9 Å². The molecule has 2 aromatic carbocycles. The lowest BCUT2D eigenvalue weighted by atomic mass is 9.87. The number of aromatic amines is 2. The van der Waals surface area contributed by atoms with Crippen molar-refractivity contribution in [3.8, 4) is 0 Å². The highest BCUT2D eigenvalue weighted by Gasteiger charge is 2.35. The van der Waals surface area contributed by atoms with E-state index >= 15 is 0 Å². The topological polar surface area (TPSA) is 103 Å². The first-order valence-electron chi connectivity index (χ1n) is 10.8. The smallest absolute Gasteiger partial charge is 0.272 e. The van der Waals surface area contributed by atoms with Crippen molar-refractivity contribution in [1.82, 2.24) is 35.6 Å². The quantitative estimate of drug-likeness (QED) is 0.459. The van der Waals surface area contributed by atoms with Gasteiger partial charge in [-0.1, -0.05) is 24.3 Å². The summed E-state index contributed by atoms with van der Waals surface area (Å²) in [4.78, 5) is 19.3. The summed E-state index contributed by atoms with van der Waals surface area (Å²) in [6, 6.07) is 11.1. The van der Waals surface area contributed by atoms with Crippen molar-refractivity contribution in [3.05, 3.63) is 87.1 Å². The fourth-order valence-corrected chi connectivity index (χ4v) is 4.82. The molecule has 32 heavy (non-hydrogen) atoms. The molecule has 4 heterocycles. The predicted octanol–water partition coefficient (Wildman–Crippen LogP) is 2.36. The van der Waals surface area contributed by atoms with Crippen LogP contribution < -0.4 is 10.9 Å². The molecular weight excluding hydrogens is 409 g/mol. The van der Waals surface area contributed by atoms with Gasteiger partial charge in [0.25, 0.3) is 5.56 Å². The highest BCUT2D eigenvalue weighted by Crippen LogP contribution is 2.40. The molecule has 6 rings (SSSR count). The Hall–Kier alpha value is -3.43. The van der Waals surface area contributed by atoms with E-state index in [1.54, 1.807) is 0 Å². The number of aromatic nitrogens is 5. The summed E-state index contributed by atoms with van der Waals surface area (Å²) in [5.41, 5.74) is 3.28. The van der Waals surface area contributed by atoms with E-state index in [1.165, 1.54) is 30.4 Å². The zero-order chi connectivity index (χ0) is 21.7. The van der Waals surface area contributed by atoms with Crippen molar-refractivity contribution in [2.75, 3.05) is 13.1 Å². The first-order chi connectivity index (χ1) is 15.7. The molecule has 1 fully saturated rings. The van der Waals surface area contributed by atoms with Crippen molar-refractivity contribution >= 4 is 10.8 Å². The Bertz CT molecular complexity index is 1330. The predicted molar refractivity (Wildman–Crippen MR) is 116 cm³/mol. The van der Waals surface area contributed by atoms with Crippen molar-refractivity contribution in [3.63, 3.8) is 0 Å². The second-order valence-corrected chi connectivity index (χ2v) is 8.50. The molecule has 4 aromatic rings. The van der Waals surface area contributed by atoms with Crippen LogP contribution in [0.25, 0.3) is 10.8 Å². The minimum atomic E-state index is -0.443. The van der Waals surface area contributed by atoms with Gasteiger partial charge in [0.05, 0.1) is 17.0 Å². The van der Waals surface area contributed by atoms with E-state index in [-0.39, 0.29) is 12.0 Å². The number of nitrogens with zero attached hydrogens (tertiary/aromatic N) is 4. The minimum absolute atomic E-state index is 0.196. The van der Waals surface area contributed by atoms with E-state index in [9.17, 15) is 9.18 Å². The lowest BCUT2D eigenvalue weighted by Crippen LogP contribution is -2.36. The molecule has 2 aromatic heterocycles. The van der Waals surface area contributed by atoms with Gasteiger partial charge < -0.3 is 5.32 Å². The van der Waals surface area contributed by atoms with Crippen LogP contribution >= 0.6 is 0 Å². The number of H-pyrrole nitrogens is 2. The first kappa shape index (κ1) is 19.3. The summed E-state index contributed by atoms with van der Waals surface area (Å²) >= 11 is 0. The van der Waals surface area contributed by atoms with Gasteiger partial charge in [-0.25, -0.2) is 14.5 Å². The summed E-state index contributed by atoms with van der Waals surface area (Å²) < 4.78 is 14.3. The van der Waals surface area contributed by atoms with Crippen LogP contribution in [-0.4, -0.2) is 43.4 Å². The molecule has 8 nitrogen and oxygen atoms in total. The minimum Gasteiger partial charge on any atom is -0.305 e. The Morgan fingerprint density at radius 3 is 2.69 bits per heavy atom. The van der Waals surface area contributed by atoms with Gasteiger partial charge in [0.2, 0.25) is 0 Å². The van der Waals surface area contributed by atoms with Crippen LogP contribution in [0.5, 0.6) is 0 Å². The number of nitrogens with one attached hydrogen (secondary N) is 3. The average Bonchev–Trinajstić information content (AvgIpc) is 3.24. The standard InChI is InChI=1S/C23H22FN7O/c24-16-8-15-10-25-20(14-4-2-13(3-5-14)11-31-6-1-7-31)19(22-26-12-27-29-22)21-18(15)17(9-16)23(32)30-28-21/h2-5,8-9,12,19-20,25H,1,6-7,10-11H2,(H,30,32)(H,26,27,29). The van der Waals surface area contributed by atoms with E-state index < -0.39 is 11.4 Å². The fraction of sp³-hybridized carbons (Fsp3) is 0.304. The van der Waals surface area contributed by atoms with Crippen LogP contribution in [-0.2, 0) is 13.1 Å². The SMILES string of the molecule is O=c1[nH]nc2c3c(cc(F)cc13)CNC(c1ccc(CN3CCC3)cc1)C2c1ncn[nH]1. The molecule has 0 aliphatic carbocycles. The van der Waals surface area contributed by atoms with Crippen LogP contribution in [0.3, 0.4) is 0 Å². The van der Waals surface area contributed by atoms with Gasteiger partial charge in [0.15, 0.2) is 0 Å². The van der Waals surface area contributed by atoms with Gasteiger partial charge in [-0.3, -0.25) is 14.8 Å². The third-order valence-electron chi connectivity index (χ3n) is 6.53. The Morgan fingerprint density at radius 1 is 1.12 bits per heavy atom. The van der Waals surface area contributed by atoms with E-state index in [0.29, 0.717) is 34.4 Å². The van der Waals surface area contributed by atoms with Gasteiger partial charge in [0.1, 0.15) is 18.0 Å². The largest absolute Gasteiger partial charge is 0.305 e. The molecule has 0 bridgehead atoms. The van der Waals surface area contributed by atoms with Crippen LogP contribution in [0.15, 0.2) is 47.5 Å². The molecule has 162 valence electrons. The van der Waals surface area contributed by atoms with E-state index in [1.807, 2.05) is 0 Å². The summed E-state index contributed by atoms with van der Waals surface area (Å²) in [5.74, 6) is -0.156. The third kappa shape index (κ3) is 3.21. The van der Waals surface area contributed by atoms with Crippen LogP contribution in [0.1, 0.15) is 46.6 Å². The number of likely N-dealkylation sites (tertiary alicyclic amines) is 1. The fourth-order valence-electron chi connectivity index (χ4n) is 4.82. The monoisotopic (exact) mass is 431 g/mol. The second-order valence-electron chi connectivity index (χ2n) is 8.50. The lowest BCUT2D eigenvalue weighted by Gasteiger charge is -2.31. The molecule has 0 spiro atoms. The van der Waals surface area contributed by atoms with E-state index in [0.717, 1.165) is 25.2 Å². The Balaban J connectivity index is 1.47. The number of benzene rings is 2. The van der Waals surface area contributed by atoms with Crippen molar-refractivity contribution in [2.45, 2.75) is 31.5 Å². The molecule has 2 atom stereocenters. The molecule has 2 aliphatic heterocycles. The number of rotatable bonds is 4. The Labute approximate surface area is 182 Å². The van der Waals surface area contributed by atoms with Gasteiger partial charge in [-0.05, 0) is 48.3 Å². The van der Waals surface area contributed by atoms with Crippen molar-refractivity contribution < 1.29 is 4.39 Å². The Kier molecular flexibility index (Phi) is 4.58. The molecule has 0 saturated carbocycles. The van der Waals surface area contributed by atoms with Gasteiger partial charge >= 0.3 is 0 Å². The van der Waals surface area contributed by atoms with Crippen molar-refractivity contribution in [1.29, 1.82) is 0 Å². The van der Waals surface area contributed by atoms with Crippen LogP contribution in [0.2, 0.25) is 0 Å². The third-order valence-corrected chi connectivity index (χ3v) is 6.53. The van der Waals surface area contributed by atoms with Crippen molar-refractivity contribution in [2.24, 2.45) is 0 Å². The Morgan fingerprint density at radius 2 is 1.97 bits per heavy atom. The molecular formula is C23H22FN7O. The molecule has 0 radical (unpaired) electrons. The molecule has 3 N–H and O–H groups in total. The first-order valence-corrected chi connectivity index (χ1v) is 10.8. The summed E-state index contributed by atoms with van der Waals surface area (Å²) in [6.07, 6.45) is 2.73. The zero-order valence-electron chi connectivity index (χ0n) is 17.3. The molecule has 1 saturated heterocycles. The van der Waals surface area contributed by atoms with Gasteiger partial charge in [0, 0.05) is 24.5 Å².